The van der Waals surface area contributed by atoms with Gasteiger partial charge in [-0.3, -0.25) is 0 Å². The van der Waals surface area contributed by atoms with Crippen LogP contribution in [0.1, 0.15) is 18.1 Å². The van der Waals surface area contributed by atoms with Gasteiger partial charge in [0.2, 0.25) is 0 Å². The first kappa shape index (κ1) is 11.1. The van der Waals surface area contributed by atoms with Crippen molar-refractivity contribution in [2.24, 2.45) is 5.92 Å². The highest BCUT2D eigenvalue weighted by molar-refractivity contribution is 7.99. The molecule has 1 aromatic carbocycles. The molecule has 1 unspecified atom stereocenters. The molecule has 0 aliphatic rings. The third kappa shape index (κ3) is 3.08. The highest BCUT2D eigenvalue weighted by Gasteiger charge is 2.03. The Balaban J connectivity index is 2.64. The Labute approximate surface area is 90.1 Å². The van der Waals surface area contributed by atoms with Crippen molar-refractivity contribution in [1.82, 2.24) is 0 Å². The summed E-state index contributed by atoms with van der Waals surface area (Å²) in [5.41, 5.74) is 2.60. The van der Waals surface area contributed by atoms with Gasteiger partial charge in [0.15, 0.2) is 0 Å². The molecule has 0 N–H and O–H groups in total. The lowest BCUT2D eigenvalue weighted by molar-refractivity contribution is 0.863. The fourth-order valence-electron chi connectivity index (χ4n) is 1.21. The fraction of sp³-hybridized carbons (Fsp3) is 0.417. The summed E-state index contributed by atoms with van der Waals surface area (Å²) in [7, 11) is 0. The van der Waals surface area contributed by atoms with E-state index in [4.69, 9.17) is 5.26 Å². The molecule has 0 saturated carbocycles. The second kappa shape index (κ2) is 5.07. The molecule has 0 amide bonds. The topological polar surface area (TPSA) is 23.8 Å². The molecule has 1 rings (SSSR count). The number of hydrogen-bond acceptors (Lipinski definition) is 2. The van der Waals surface area contributed by atoms with Crippen LogP contribution in [0, 0.1) is 31.1 Å². The third-order valence-corrected chi connectivity index (χ3v) is 3.48. The first-order valence-electron chi connectivity index (χ1n) is 4.73. The van der Waals surface area contributed by atoms with Crippen molar-refractivity contribution >= 4 is 11.8 Å². The molecule has 1 atom stereocenters. The molecule has 0 aliphatic carbocycles. The molecule has 0 aliphatic heterocycles. The minimum Gasteiger partial charge on any atom is -0.198 e. The number of benzene rings is 1. The molecule has 0 spiro atoms. The average Bonchev–Trinajstić information content (AvgIpc) is 2.16. The van der Waals surface area contributed by atoms with E-state index in [9.17, 15) is 0 Å². The zero-order valence-corrected chi connectivity index (χ0v) is 9.69. The zero-order chi connectivity index (χ0) is 10.6. The van der Waals surface area contributed by atoms with Gasteiger partial charge in [-0.15, -0.1) is 11.8 Å². The van der Waals surface area contributed by atoms with Gasteiger partial charge in [0.1, 0.15) is 0 Å². The van der Waals surface area contributed by atoms with Crippen LogP contribution in [0.5, 0.6) is 0 Å². The van der Waals surface area contributed by atoms with Gasteiger partial charge < -0.3 is 0 Å². The Morgan fingerprint density at radius 1 is 1.43 bits per heavy atom. The van der Waals surface area contributed by atoms with Crippen molar-refractivity contribution in [2.75, 3.05) is 5.75 Å². The van der Waals surface area contributed by atoms with Crippen LogP contribution < -0.4 is 0 Å². The zero-order valence-electron chi connectivity index (χ0n) is 8.87. The minimum absolute atomic E-state index is 0.126. The largest absolute Gasteiger partial charge is 0.198 e. The lowest BCUT2D eigenvalue weighted by atomic mass is 10.2. The summed E-state index contributed by atoms with van der Waals surface area (Å²) in [6.07, 6.45) is 0. The first-order chi connectivity index (χ1) is 6.63. The molecule has 2 heteroatoms. The molecule has 74 valence electrons. The SMILES string of the molecule is Cc1ccc(SCC(C)C#N)c(C)c1. The van der Waals surface area contributed by atoms with E-state index in [1.54, 1.807) is 11.8 Å². The number of rotatable bonds is 3. The predicted molar refractivity (Wildman–Crippen MR) is 61.4 cm³/mol. The van der Waals surface area contributed by atoms with Crippen LogP contribution in [0.4, 0.5) is 0 Å². The van der Waals surface area contributed by atoms with Gasteiger partial charge in [-0.1, -0.05) is 17.7 Å². The third-order valence-electron chi connectivity index (χ3n) is 2.04. The van der Waals surface area contributed by atoms with Crippen LogP contribution in [0.25, 0.3) is 0 Å². The van der Waals surface area contributed by atoms with Gasteiger partial charge in [0, 0.05) is 10.6 Å². The standard InChI is InChI=1S/C12H15NS/c1-9-4-5-12(11(3)6-9)14-8-10(2)7-13/h4-6,10H,8H2,1-3H3. The summed E-state index contributed by atoms with van der Waals surface area (Å²) < 4.78 is 0. The van der Waals surface area contributed by atoms with Gasteiger partial charge in [0.05, 0.1) is 12.0 Å². The minimum atomic E-state index is 0.126. The van der Waals surface area contributed by atoms with E-state index in [2.05, 4.69) is 38.1 Å². The van der Waals surface area contributed by atoms with Crippen LogP contribution in [-0.2, 0) is 0 Å². The fourth-order valence-corrected chi connectivity index (χ4v) is 2.17. The van der Waals surface area contributed by atoms with E-state index >= 15 is 0 Å². The molecule has 1 nitrogen and oxygen atoms in total. The van der Waals surface area contributed by atoms with E-state index in [0.717, 1.165) is 5.75 Å². The Hall–Kier alpha value is -0.940. The van der Waals surface area contributed by atoms with Crippen molar-refractivity contribution in [3.05, 3.63) is 29.3 Å². The Morgan fingerprint density at radius 3 is 2.71 bits per heavy atom. The van der Waals surface area contributed by atoms with Crippen LogP contribution in [-0.4, -0.2) is 5.75 Å². The maximum atomic E-state index is 8.66. The lowest BCUT2D eigenvalue weighted by Gasteiger charge is -2.06. The number of aryl methyl sites for hydroxylation is 2. The summed E-state index contributed by atoms with van der Waals surface area (Å²) in [5.74, 6) is 1.00. The molecular formula is C12H15NS. The van der Waals surface area contributed by atoms with E-state index in [0.29, 0.717) is 0 Å². The second-order valence-electron chi connectivity index (χ2n) is 3.61. The summed E-state index contributed by atoms with van der Waals surface area (Å²) in [5, 5.41) is 8.66. The summed E-state index contributed by atoms with van der Waals surface area (Å²) in [4.78, 5) is 1.29. The molecule has 0 heterocycles. The smallest absolute Gasteiger partial charge is 0.0661 e. The van der Waals surface area contributed by atoms with Gasteiger partial charge in [-0.05, 0) is 32.4 Å². The molecule has 1 aromatic rings. The highest BCUT2D eigenvalue weighted by atomic mass is 32.2. The lowest BCUT2D eigenvalue weighted by Crippen LogP contribution is -1.93. The van der Waals surface area contributed by atoms with Crippen LogP contribution >= 0.6 is 11.8 Å². The molecule has 14 heavy (non-hydrogen) atoms. The molecule has 0 radical (unpaired) electrons. The number of nitriles is 1. The number of hydrogen-bond donors (Lipinski definition) is 0. The first-order valence-corrected chi connectivity index (χ1v) is 5.71. The van der Waals surface area contributed by atoms with E-state index < -0.39 is 0 Å². The van der Waals surface area contributed by atoms with Crippen LogP contribution in [0.3, 0.4) is 0 Å². The van der Waals surface area contributed by atoms with Crippen molar-refractivity contribution in [1.29, 1.82) is 5.26 Å². The van der Waals surface area contributed by atoms with Gasteiger partial charge in [-0.25, -0.2) is 0 Å². The normalized spacial score (nSPS) is 12.1. The molecule has 0 saturated heterocycles. The summed E-state index contributed by atoms with van der Waals surface area (Å²) in [6, 6.07) is 8.68. The van der Waals surface area contributed by atoms with Crippen LogP contribution in [0.2, 0.25) is 0 Å². The van der Waals surface area contributed by atoms with Crippen LogP contribution in [0.15, 0.2) is 23.1 Å². The van der Waals surface area contributed by atoms with E-state index in [1.165, 1.54) is 16.0 Å². The summed E-state index contributed by atoms with van der Waals surface area (Å²) >= 11 is 1.77. The quantitative estimate of drug-likeness (QED) is 0.704. The molecule has 0 bridgehead atoms. The monoisotopic (exact) mass is 205 g/mol. The molecule has 0 aromatic heterocycles. The maximum Gasteiger partial charge on any atom is 0.0661 e. The molecular weight excluding hydrogens is 190 g/mol. The Bertz CT molecular complexity index is 352. The van der Waals surface area contributed by atoms with Crippen molar-refractivity contribution in [2.45, 2.75) is 25.7 Å². The Kier molecular flexibility index (Phi) is 4.03. The van der Waals surface area contributed by atoms with E-state index in [-0.39, 0.29) is 5.92 Å². The Morgan fingerprint density at radius 2 is 2.14 bits per heavy atom. The number of thioether (sulfide) groups is 1. The maximum absolute atomic E-state index is 8.66. The summed E-state index contributed by atoms with van der Waals surface area (Å²) in [6.45, 7) is 6.17. The van der Waals surface area contributed by atoms with Gasteiger partial charge in [-0.2, -0.15) is 5.26 Å². The number of nitrogens with zero attached hydrogens (tertiary/aromatic N) is 1. The second-order valence-corrected chi connectivity index (χ2v) is 4.67. The molecule has 0 fully saturated rings. The highest BCUT2D eigenvalue weighted by Crippen LogP contribution is 2.24. The van der Waals surface area contributed by atoms with Crippen molar-refractivity contribution < 1.29 is 0 Å². The van der Waals surface area contributed by atoms with Crippen molar-refractivity contribution in [3.63, 3.8) is 0 Å². The van der Waals surface area contributed by atoms with Gasteiger partial charge >= 0.3 is 0 Å². The van der Waals surface area contributed by atoms with Gasteiger partial charge in [0.25, 0.3) is 0 Å². The predicted octanol–water partition coefficient (Wildman–Crippen LogP) is 3.56. The van der Waals surface area contributed by atoms with E-state index in [1.807, 2.05) is 6.92 Å². The average molecular weight is 205 g/mol. The van der Waals surface area contributed by atoms with Crippen molar-refractivity contribution in [3.8, 4) is 6.07 Å².